The summed E-state index contributed by atoms with van der Waals surface area (Å²) in [6.07, 6.45) is 4.84. The van der Waals surface area contributed by atoms with Gasteiger partial charge in [0.15, 0.2) is 5.78 Å². The molecule has 2 aliphatic carbocycles. The van der Waals surface area contributed by atoms with E-state index in [1.54, 1.807) is 6.92 Å². The van der Waals surface area contributed by atoms with Crippen molar-refractivity contribution in [1.82, 2.24) is 0 Å². The first-order valence-electron chi connectivity index (χ1n) is 7.76. The van der Waals surface area contributed by atoms with Gasteiger partial charge in [0.05, 0.1) is 26.1 Å². The van der Waals surface area contributed by atoms with Crippen molar-refractivity contribution in [3.05, 3.63) is 11.6 Å². The molecule has 0 aromatic carbocycles. The number of carbonyl (C=O) groups excluding carboxylic acids is 3. The molecule has 5 heteroatoms. The molecule has 0 N–H and O–H groups in total. The highest BCUT2D eigenvalue weighted by molar-refractivity contribution is 6.01. The fourth-order valence-corrected chi connectivity index (χ4v) is 3.96. The normalized spacial score (nSPS) is 32.5. The number of fused-ring (bicyclic) bond motifs is 1. The second-order valence-corrected chi connectivity index (χ2v) is 6.54. The van der Waals surface area contributed by atoms with Crippen LogP contribution >= 0.6 is 0 Å². The molecule has 0 saturated heterocycles. The third-order valence-electron chi connectivity index (χ3n) is 5.40. The van der Waals surface area contributed by atoms with Gasteiger partial charge in [-0.15, -0.1) is 0 Å². The minimum absolute atomic E-state index is 0.00843. The quantitative estimate of drug-likeness (QED) is 0.748. The van der Waals surface area contributed by atoms with E-state index in [1.807, 2.05) is 13.0 Å². The van der Waals surface area contributed by atoms with Crippen LogP contribution in [-0.2, 0) is 23.9 Å². The number of Topliss-reactive ketones (excluding diaryl/α,β-unsaturated/α-hetero) is 1. The number of ether oxygens (including phenoxy) is 2. The molecule has 0 amide bonds. The molecule has 1 saturated carbocycles. The molecule has 0 bridgehead atoms. The topological polar surface area (TPSA) is 69.7 Å². The molecular weight excluding hydrogens is 284 g/mol. The molecule has 0 aromatic rings. The van der Waals surface area contributed by atoms with Gasteiger partial charge in [-0.1, -0.05) is 19.4 Å². The van der Waals surface area contributed by atoms with Gasteiger partial charge in [0, 0.05) is 17.4 Å². The van der Waals surface area contributed by atoms with Gasteiger partial charge in [-0.2, -0.15) is 0 Å². The Kier molecular flexibility index (Phi) is 4.73. The molecule has 0 radical (unpaired) electrons. The SMILES string of the molecule is COC(=O)[C@@H](C)C1=C[C@@]2(C)[C@H](CCC[C@@H]2C(=O)OC)CC1=O. The molecule has 122 valence electrons. The maximum absolute atomic E-state index is 12.4. The van der Waals surface area contributed by atoms with E-state index in [0.29, 0.717) is 12.0 Å². The molecule has 0 heterocycles. The number of carbonyl (C=O) groups is 3. The second kappa shape index (κ2) is 6.23. The summed E-state index contributed by atoms with van der Waals surface area (Å²) in [5.41, 5.74) is 0.0399. The van der Waals surface area contributed by atoms with Gasteiger partial charge >= 0.3 is 11.9 Å². The Bertz CT molecular complexity index is 521. The van der Waals surface area contributed by atoms with E-state index in [9.17, 15) is 14.4 Å². The van der Waals surface area contributed by atoms with E-state index in [4.69, 9.17) is 9.47 Å². The number of hydrogen-bond donors (Lipinski definition) is 0. The number of methoxy groups -OCH3 is 2. The van der Waals surface area contributed by atoms with E-state index in [0.717, 1.165) is 19.3 Å². The van der Waals surface area contributed by atoms with E-state index in [-0.39, 0.29) is 23.6 Å². The molecule has 2 rings (SSSR count). The predicted octanol–water partition coefficient (Wildman–Crippen LogP) is 2.29. The Morgan fingerprint density at radius 1 is 1.27 bits per heavy atom. The Morgan fingerprint density at radius 2 is 1.95 bits per heavy atom. The average molecular weight is 308 g/mol. The van der Waals surface area contributed by atoms with E-state index in [2.05, 4.69) is 0 Å². The zero-order valence-electron chi connectivity index (χ0n) is 13.7. The summed E-state index contributed by atoms with van der Waals surface area (Å²) in [7, 11) is 2.71. The molecule has 2 aliphatic rings. The first-order valence-corrected chi connectivity index (χ1v) is 7.76. The lowest BCUT2D eigenvalue weighted by atomic mass is 9.56. The van der Waals surface area contributed by atoms with Crippen molar-refractivity contribution in [2.24, 2.45) is 23.2 Å². The zero-order valence-corrected chi connectivity index (χ0v) is 13.7. The fraction of sp³-hybridized carbons (Fsp3) is 0.706. The minimum atomic E-state index is -0.601. The summed E-state index contributed by atoms with van der Waals surface area (Å²) in [5, 5.41) is 0. The third-order valence-corrected chi connectivity index (χ3v) is 5.40. The largest absolute Gasteiger partial charge is 0.469 e. The lowest BCUT2D eigenvalue weighted by Gasteiger charge is -2.47. The number of ketones is 1. The van der Waals surface area contributed by atoms with Crippen LogP contribution in [0.4, 0.5) is 0 Å². The monoisotopic (exact) mass is 308 g/mol. The summed E-state index contributed by atoms with van der Waals surface area (Å²) in [5.74, 6) is -1.40. The first kappa shape index (κ1) is 16.7. The standard InChI is InChI=1S/C17H24O5/c1-10(15(19)21-3)12-9-17(2)11(8-14(12)18)6-5-7-13(17)16(20)22-4/h9-11,13H,5-8H2,1-4H3/t10-,11+,13+,17-/m0/s1. The van der Waals surface area contributed by atoms with Gasteiger partial charge in [0.1, 0.15) is 0 Å². The third kappa shape index (κ3) is 2.69. The van der Waals surface area contributed by atoms with Gasteiger partial charge in [0.2, 0.25) is 0 Å². The smallest absolute Gasteiger partial charge is 0.312 e. The number of hydrogen-bond acceptors (Lipinski definition) is 5. The molecule has 4 atom stereocenters. The van der Waals surface area contributed by atoms with Crippen molar-refractivity contribution < 1.29 is 23.9 Å². The van der Waals surface area contributed by atoms with Crippen molar-refractivity contribution in [2.75, 3.05) is 14.2 Å². The van der Waals surface area contributed by atoms with Crippen molar-refractivity contribution in [3.63, 3.8) is 0 Å². The van der Waals surface area contributed by atoms with Crippen LogP contribution in [0.1, 0.15) is 39.5 Å². The van der Waals surface area contributed by atoms with Crippen molar-refractivity contribution in [1.29, 1.82) is 0 Å². The Balaban J connectivity index is 2.43. The van der Waals surface area contributed by atoms with E-state index < -0.39 is 17.3 Å². The Labute approximate surface area is 131 Å². The van der Waals surface area contributed by atoms with Crippen LogP contribution in [-0.4, -0.2) is 31.9 Å². The summed E-state index contributed by atoms with van der Waals surface area (Å²) in [6, 6.07) is 0. The number of allylic oxidation sites excluding steroid dienone is 1. The van der Waals surface area contributed by atoms with Gasteiger partial charge in [-0.3, -0.25) is 14.4 Å². The van der Waals surface area contributed by atoms with Crippen LogP contribution in [0.5, 0.6) is 0 Å². The van der Waals surface area contributed by atoms with E-state index in [1.165, 1.54) is 14.2 Å². The summed E-state index contributed by atoms with van der Waals surface area (Å²) in [4.78, 5) is 36.3. The zero-order chi connectivity index (χ0) is 16.5. The van der Waals surface area contributed by atoms with Gasteiger partial charge in [-0.25, -0.2) is 0 Å². The van der Waals surface area contributed by atoms with Gasteiger partial charge < -0.3 is 9.47 Å². The van der Waals surface area contributed by atoms with Crippen LogP contribution < -0.4 is 0 Å². The van der Waals surface area contributed by atoms with Crippen LogP contribution in [0, 0.1) is 23.2 Å². The molecule has 5 nitrogen and oxygen atoms in total. The number of rotatable bonds is 3. The molecule has 0 spiro atoms. The molecule has 1 fully saturated rings. The van der Waals surface area contributed by atoms with Crippen molar-refractivity contribution in [2.45, 2.75) is 39.5 Å². The second-order valence-electron chi connectivity index (χ2n) is 6.54. The molecule has 0 aliphatic heterocycles. The summed E-state index contributed by atoms with van der Waals surface area (Å²) in [6.45, 7) is 3.68. The fourth-order valence-electron chi connectivity index (χ4n) is 3.96. The molecular formula is C17H24O5. The maximum Gasteiger partial charge on any atom is 0.312 e. The number of esters is 2. The molecule has 22 heavy (non-hydrogen) atoms. The molecule has 0 unspecified atom stereocenters. The van der Waals surface area contributed by atoms with Crippen molar-refractivity contribution in [3.8, 4) is 0 Å². The highest BCUT2D eigenvalue weighted by atomic mass is 16.5. The highest BCUT2D eigenvalue weighted by Gasteiger charge is 2.50. The predicted molar refractivity (Wildman–Crippen MR) is 79.8 cm³/mol. The minimum Gasteiger partial charge on any atom is -0.469 e. The molecule has 0 aromatic heterocycles. The maximum atomic E-state index is 12.4. The van der Waals surface area contributed by atoms with Crippen LogP contribution in [0.2, 0.25) is 0 Å². The first-order chi connectivity index (χ1) is 10.3. The lowest BCUT2D eigenvalue weighted by Crippen LogP contribution is -2.46. The highest BCUT2D eigenvalue weighted by Crippen LogP contribution is 2.52. The summed E-state index contributed by atoms with van der Waals surface area (Å²) >= 11 is 0. The van der Waals surface area contributed by atoms with Crippen LogP contribution in [0.3, 0.4) is 0 Å². The van der Waals surface area contributed by atoms with Crippen molar-refractivity contribution >= 4 is 17.7 Å². The Hall–Kier alpha value is -1.65. The average Bonchev–Trinajstić information content (AvgIpc) is 2.52. The van der Waals surface area contributed by atoms with E-state index >= 15 is 0 Å². The van der Waals surface area contributed by atoms with Crippen LogP contribution in [0.15, 0.2) is 11.6 Å². The summed E-state index contributed by atoms with van der Waals surface area (Å²) < 4.78 is 9.70. The van der Waals surface area contributed by atoms with Crippen LogP contribution in [0.25, 0.3) is 0 Å². The Morgan fingerprint density at radius 3 is 2.55 bits per heavy atom. The van der Waals surface area contributed by atoms with Gasteiger partial charge in [-0.05, 0) is 25.7 Å². The lowest BCUT2D eigenvalue weighted by molar-refractivity contribution is -0.153. The van der Waals surface area contributed by atoms with Gasteiger partial charge in [0.25, 0.3) is 0 Å².